The molecule has 1 aromatic carbocycles. The van der Waals surface area contributed by atoms with E-state index in [1.807, 2.05) is 18.6 Å². The molecule has 0 aliphatic carbocycles. The minimum atomic E-state index is -3.90. The number of aldehydes is 1. The van der Waals surface area contributed by atoms with E-state index in [9.17, 15) is 18.0 Å². The molecule has 1 rings (SSSR count). The van der Waals surface area contributed by atoms with E-state index in [-0.39, 0.29) is 10.8 Å². The lowest BCUT2D eigenvalue weighted by Gasteiger charge is -2.10. The van der Waals surface area contributed by atoms with Crippen LogP contribution in [0.2, 0.25) is 0 Å². The maximum Gasteiger partial charge on any atom is 0.328 e. The molecule has 0 aromatic heterocycles. The Balaban J connectivity index is 2.77. The summed E-state index contributed by atoms with van der Waals surface area (Å²) in [5, 5.41) is 2.48. The van der Waals surface area contributed by atoms with Crippen LogP contribution in [0.15, 0.2) is 29.2 Å². The summed E-state index contributed by atoms with van der Waals surface area (Å²) in [7, 11) is -3.90. The number of unbranched alkanes of at least 4 members (excludes halogenated alkanes) is 1. The van der Waals surface area contributed by atoms with Crippen LogP contribution >= 0.6 is 0 Å². The second-order valence-corrected chi connectivity index (χ2v) is 6.62. The molecule has 122 valence electrons. The predicted octanol–water partition coefficient (Wildman–Crippen LogP) is 2.17. The van der Waals surface area contributed by atoms with Gasteiger partial charge in [0, 0.05) is 12.5 Å². The monoisotopic (exact) mass is 326 g/mol. The second-order valence-electron chi connectivity index (χ2n) is 4.93. The van der Waals surface area contributed by atoms with Gasteiger partial charge in [-0.15, -0.1) is 0 Å². The van der Waals surface area contributed by atoms with E-state index < -0.39 is 16.1 Å². The zero-order chi connectivity index (χ0) is 16.6. The predicted molar refractivity (Wildman–Crippen MR) is 84.2 cm³/mol. The number of amides is 2. The van der Waals surface area contributed by atoms with Crippen molar-refractivity contribution in [2.24, 2.45) is 0 Å². The molecule has 2 N–H and O–H groups in total. The zero-order valence-corrected chi connectivity index (χ0v) is 13.7. The average molecular weight is 326 g/mol. The minimum Gasteiger partial charge on any atom is -0.337 e. The number of rotatable bonds is 8. The van der Waals surface area contributed by atoms with E-state index in [2.05, 4.69) is 5.32 Å². The van der Waals surface area contributed by atoms with Crippen molar-refractivity contribution in [3.8, 4) is 0 Å². The summed E-state index contributed by atoms with van der Waals surface area (Å²) in [4.78, 5) is 22.4. The van der Waals surface area contributed by atoms with Crippen molar-refractivity contribution in [3.63, 3.8) is 0 Å². The quantitative estimate of drug-likeness (QED) is 0.565. The molecule has 1 atom stereocenters. The van der Waals surface area contributed by atoms with E-state index in [0.717, 1.165) is 24.7 Å². The van der Waals surface area contributed by atoms with Crippen LogP contribution in [-0.2, 0) is 14.8 Å². The van der Waals surface area contributed by atoms with Crippen LogP contribution in [0.4, 0.5) is 4.79 Å². The third kappa shape index (κ3) is 5.14. The number of urea groups is 1. The van der Waals surface area contributed by atoms with Gasteiger partial charge in [0.1, 0.15) is 6.29 Å². The molecule has 7 heteroatoms. The lowest BCUT2D eigenvalue weighted by atomic mass is 9.98. The molecule has 0 aliphatic rings. The fourth-order valence-corrected chi connectivity index (χ4v) is 2.83. The number of benzene rings is 1. The van der Waals surface area contributed by atoms with Crippen LogP contribution in [0.5, 0.6) is 0 Å². The lowest BCUT2D eigenvalue weighted by molar-refractivity contribution is -0.109. The van der Waals surface area contributed by atoms with Gasteiger partial charge in [0.15, 0.2) is 0 Å². The van der Waals surface area contributed by atoms with Crippen LogP contribution in [0, 0.1) is 0 Å². The van der Waals surface area contributed by atoms with Gasteiger partial charge in [-0.25, -0.2) is 17.9 Å². The first kappa shape index (κ1) is 18.2. The van der Waals surface area contributed by atoms with Crippen LogP contribution in [0.25, 0.3) is 0 Å². The Morgan fingerprint density at radius 3 is 2.36 bits per heavy atom. The summed E-state index contributed by atoms with van der Waals surface area (Å²) in [5.74, 6) is -0.248. The van der Waals surface area contributed by atoms with Gasteiger partial charge in [-0.3, -0.25) is 0 Å². The smallest absolute Gasteiger partial charge is 0.328 e. The molecule has 0 radical (unpaired) electrons. The number of hydrogen-bond donors (Lipinski definition) is 2. The fourth-order valence-electron chi connectivity index (χ4n) is 1.90. The number of nitrogens with one attached hydrogen (secondary N) is 2. The second kappa shape index (κ2) is 8.53. The molecule has 0 saturated heterocycles. The topological polar surface area (TPSA) is 92.3 Å². The summed E-state index contributed by atoms with van der Waals surface area (Å²) >= 11 is 0. The van der Waals surface area contributed by atoms with Gasteiger partial charge in [-0.2, -0.15) is 0 Å². The van der Waals surface area contributed by atoms with Crippen molar-refractivity contribution in [2.75, 3.05) is 6.54 Å². The number of sulfonamides is 1. The molecule has 2 amide bonds. The molecule has 0 bridgehead atoms. The zero-order valence-electron chi connectivity index (χ0n) is 12.8. The maximum atomic E-state index is 12.1. The molecular formula is C15H22N2O4S. The maximum absolute atomic E-state index is 12.1. The summed E-state index contributed by atoms with van der Waals surface area (Å²) in [6.07, 6.45) is 3.17. The molecule has 22 heavy (non-hydrogen) atoms. The Hall–Kier alpha value is -1.89. The molecular weight excluding hydrogens is 304 g/mol. The van der Waals surface area contributed by atoms with Gasteiger partial charge < -0.3 is 10.1 Å². The van der Waals surface area contributed by atoms with Gasteiger partial charge >= 0.3 is 6.03 Å². The fraction of sp³-hybridized carbons (Fsp3) is 0.467. The van der Waals surface area contributed by atoms with Crippen LogP contribution in [0.3, 0.4) is 0 Å². The molecule has 1 unspecified atom stereocenters. The SMILES string of the molecule is CCCCNC(=O)NS(=O)(=O)c1ccc(C(C=O)CC)cc1. The molecule has 0 fully saturated rings. The molecule has 0 saturated carbocycles. The van der Waals surface area contributed by atoms with Gasteiger partial charge in [0.05, 0.1) is 4.90 Å². The van der Waals surface area contributed by atoms with Crippen LogP contribution in [-0.4, -0.2) is 27.3 Å². The number of carbonyl (C=O) groups is 2. The first-order valence-electron chi connectivity index (χ1n) is 7.30. The molecule has 6 nitrogen and oxygen atoms in total. The van der Waals surface area contributed by atoms with Crippen molar-refractivity contribution in [2.45, 2.75) is 43.9 Å². The Bertz CT molecular complexity index is 596. The van der Waals surface area contributed by atoms with E-state index >= 15 is 0 Å². The summed E-state index contributed by atoms with van der Waals surface area (Å²) in [5.41, 5.74) is 0.754. The number of carbonyl (C=O) groups excluding carboxylic acids is 2. The van der Waals surface area contributed by atoms with E-state index in [4.69, 9.17) is 0 Å². The van der Waals surface area contributed by atoms with Gasteiger partial charge in [-0.05, 0) is 30.5 Å². The van der Waals surface area contributed by atoms with Crippen LogP contribution < -0.4 is 10.0 Å². The third-order valence-electron chi connectivity index (χ3n) is 3.27. The standard InChI is InChI=1S/C15H22N2O4S/c1-3-5-10-16-15(19)17-22(20,21)14-8-6-13(7-9-14)12(4-2)11-18/h6-9,11-12H,3-5,10H2,1-2H3,(H2,16,17,19). The third-order valence-corrected chi connectivity index (χ3v) is 4.61. The van der Waals surface area contributed by atoms with Crippen molar-refractivity contribution < 1.29 is 18.0 Å². The normalized spacial score (nSPS) is 12.5. The van der Waals surface area contributed by atoms with Gasteiger partial charge in [0.2, 0.25) is 0 Å². The van der Waals surface area contributed by atoms with Crippen molar-refractivity contribution >= 4 is 22.3 Å². The highest BCUT2D eigenvalue weighted by atomic mass is 32.2. The van der Waals surface area contributed by atoms with E-state index in [1.165, 1.54) is 12.1 Å². The summed E-state index contributed by atoms with van der Waals surface area (Å²) in [6.45, 7) is 4.28. The van der Waals surface area contributed by atoms with E-state index in [0.29, 0.717) is 13.0 Å². The molecule has 0 heterocycles. The Kier molecular flexibility index (Phi) is 7.04. The average Bonchev–Trinajstić information content (AvgIpc) is 2.49. The van der Waals surface area contributed by atoms with Gasteiger partial charge in [0.25, 0.3) is 10.0 Å². The summed E-state index contributed by atoms with van der Waals surface area (Å²) in [6, 6.07) is 5.22. The Labute approximate surface area is 131 Å². The van der Waals surface area contributed by atoms with E-state index in [1.54, 1.807) is 12.1 Å². The summed E-state index contributed by atoms with van der Waals surface area (Å²) < 4.78 is 26.1. The van der Waals surface area contributed by atoms with Crippen LogP contribution in [0.1, 0.15) is 44.6 Å². The first-order chi connectivity index (χ1) is 10.4. The van der Waals surface area contributed by atoms with Crippen molar-refractivity contribution in [3.05, 3.63) is 29.8 Å². The molecule has 0 spiro atoms. The Morgan fingerprint density at radius 2 is 1.86 bits per heavy atom. The minimum absolute atomic E-state index is 0.0114. The highest BCUT2D eigenvalue weighted by Crippen LogP contribution is 2.19. The molecule has 0 aliphatic heterocycles. The van der Waals surface area contributed by atoms with Gasteiger partial charge in [-0.1, -0.05) is 32.4 Å². The largest absolute Gasteiger partial charge is 0.337 e. The first-order valence-corrected chi connectivity index (χ1v) is 8.78. The number of hydrogen-bond acceptors (Lipinski definition) is 4. The lowest BCUT2D eigenvalue weighted by Crippen LogP contribution is -2.39. The molecule has 1 aromatic rings. The van der Waals surface area contributed by atoms with Crippen molar-refractivity contribution in [1.82, 2.24) is 10.0 Å². The Morgan fingerprint density at radius 1 is 1.23 bits per heavy atom. The highest BCUT2D eigenvalue weighted by molar-refractivity contribution is 7.90. The van der Waals surface area contributed by atoms with Crippen molar-refractivity contribution in [1.29, 1.82) is 0 Å². The highest BCUT2D eigenvalue weighted by Gasteiger charge is 2.18.